The van der Waals surface area contributed by atoms with Crippen molar-refractivity contribution in [2.75, 3.05) is 11.9 Å². The van der Waals surface area contributed by atoms with Crippen molar-refractivity contribution in [2.24, 2.45) is 0 Å². The normalized spacial score (nSPS) is 17.7. The number of benzene rings is 4. The Labute approximate surface area is 276 Å². The van der Waals surface area contributed by atoms with Crippen molar-refractivity contribution in [1.82, 2.24) is 10.4 Å². The molecule has 0 spiro atoms. The maximum absolute atomic E-state index is 12.6. The Bertz CT molecular complexity index is 1510. The zero-order chi connectivity index (χ0) is 32.8. The van der Waals surface area contributed by atoms with Gasteiger partial charge in [-0.3, -0.25) is 19.7 Å². The lowest BCUT2D eigenvalue weighted by Gasteiger charge is -2.38. The van der Waals surface area contributed by atoms with Gasteiger partial charge < -0.3 is 19.9 Å². The van der Waals surface area contributed by atoms with Gasteiger partial charge in [0.15, 0.2) is 6.29 Å². The lowest BCUT2D eigenvalue weighted by Crippen LogP contribution is -2.39. The van der Waals surface area contributed by atoms with E-state index in [-0.39, 0.29) is 37.6 Å². The molecule has 4 aromatic carbocycles. The third kappa shape index (κ3) is 10.6. The Morgan fingerprint density at radius 2 is 1.36 bits per heavy atom. The minimum atomic E-state index is -0.666. The molecule has 0 aliphatic carbocycles. The number of unbranched alkanes of at least 4 members (excludes halogenated alkanes) is 1. The van der Waals surface area contributed by atoms with E-state index in [4.69, 9.17) is 14.7 Å². The smallest absolute Gasteiger partial charge is 0.243 e. The maximum Gasteiger partial charge on any atom is 0.243 e. The summed E-state index contributed by atoms with van der Waals surface area (Å²) in [5.41, 5.74) is 7.33. The van der Waals surface area contributed by atoms with Gasteiger partial charge in [-0.2, -0.15) is 0 Å². The number of hydrogen-bond donors (Lipinski definition) is 4. The SMILES string of the molecule is O=C(CCCCC(=O)Nc1cccc(C2OC(CN(Cc3ccccc3)Cc3ccccc3)CC(c3ccc(CO)cc3)O2)c1)NO. The molecule has 246 valence electrons. The molecule has 47 heavy (non-hydrogen) atoms. The molecule has 5 rings (SSSR count). The minimum Gasteiger partial charge on any atom is -0.392 e. The predicted octanol–water partition coefficient (Wildman–Crippen LogP) is 6.43. The Morgan fingerprint density at radius 1 is 0.723 bits per heavy atom. The average Bonchev–Trinajstić information content (AvgIpc) is 3.11. The van der Waals surface area contributed by atoms with Crippen molar-refractivity contribution < 1.29 is 29.4 Å². The van der Waals surface area contributed by atoms with Crippen molar-refractivity contribution >= 4 is 17.5 Å². The fourth-order valence-electron chi connectivity index (χ4n) is 5.80. The Balaban J connectivity index is 1.33. The second-order valence-electron chi connectivity index (χ2n) is 11.9. The zero-order valence-electron chi connectivity index (χ0n) is 26.5. The Hall–Kier alpha value is -4.38. The van der Waals surface area contributed by atoms with E-state index in [0.29, 0.717) is 31.5 Å². The first-order valence-corrected chi connectivity index (χ1v) is 16.1. The lowest BCUT2D eigenvalue weighted by molar-refractivity contribution is -0.253. The number of aliphatic hydroxyl groups excluding tert-OH is 1. The molecule has 3 atom stereocenters. The second kappa shape index (κ2) is 17.5. The number of amides is 2. The van der Waals surface area contributed by atoms with Crippen molar-refractivity contribution in [3.8, 4) is 0 Å². The minimum absolute atomic E-state index is 0.0232. The average molecular weight is 638 g/mol. The summed E-state index contributed by atoms with van der Waals surface area (Å²) in [4.78, 5) is 26.3. The maximum atomic E-state index is 12.6. The van der Waals surface area contributed by atoms with Crippen LogP contribution in [0.15, 0.2) is 109 Å². The Morgan fingerprint density at radius 3 is 1.98 bits per heavy atom. The number of nitrogens with one attached hydrogen (secondary N) is 2. The number of ether oxygens (including phenoxy) is 2. The van der Waals surface area contributed by atoms with Crippen LogP contribution in [0.3, 0.4) is 0 Å². The number of rotatable bonds is 15. The van der Waals surface area contributed by atoms with Gasteiger partial charge in [-0.1, -0.05) is 97.1 Å². The van der Waals surface area contributed by atoms with Crippen molar-refractivity contribution in [3.05, 3.63) is 137 Å². The third-order valence-electron chi connectivity index (χ3n) is 8.20. The molecule has 2 amide bonds. The fourth-order valence-corrected chi connectivity index (χ4v) is 5.80. The van der Waals surface area contributed by atoms with Crippen LogP contribution in [0, 0.1) is 0 Å². The van der Waals surface area contributed by atoms with Crippen molar-refractivity contribution in [2.45, 2.75) is 70.3 Å². The first-order valence-electron chi connectivity index (χ1n) is 16.1. The van der Waals surface area contributed by atoms with Gasteiger partial charge >= 0.3 is 0 Å². The summed E-state index contributed by atoms with van der Waals surface area (Å²) in [7, 11) is 0. The van der Waals surface area contributed by atoms with Gasteiger partial charge in [0, 0.05) is 50.1 Å². The molecule has 4 N–H and O–H groups in total. The molecule has 1 aliphatic rings. The molecule has 9 heteroatoms. The summed E-state index contributed by atoms with van der Waals surface area (Å²) in [6.07, 6.45) is 1.03. The van der Waals surface area contributed by atoms with E-state index < -0.39 is 12.2 Å². The fraction of sp³-hybridized carbons (Fsp3) is 0.316. The number of aliphatic hydroxyl groups is 1. The highest BCUT2D eigenvalue weighted by molar-refractivity contribution is 5.90. The van der Waals surface area contributed by atoms with E-state index in [0.717, 1.165) is 29.8 Å². The van der Waals surface area contributed by atoms with Crippen LogP contribution < -0.4 is 10.8 Å². The summed E-state index contributed by atoms with van der Waals surface area (Å²) in [6.45, 7) is 2.19. The largest absolute Gasteiger partial charge is 0.392 e. The van der Waals surface area contributed by atoms with E-state index in [9.17, 15) is 14.7 Å². The summed E-state index contributed by atoms with van der Waals surface area (Å²) >= 11 is 0. The molecular formula is C38H43N3O6. The first kappa shape index (κ1) is 34.0. The van der Waals surface area contributed by atoms with Crippen LogP contribution in [0.1, 0.15) is 72.3 Å². The second-order valence-corrected chi connectivity index (χ2v) is 11.9. The number of carbonyl (C=O) groups is 2. The quantitative estimate of drug-likeness (QED) is 0.0674. The molecule has 0 saturated carbocycles. The van der Waals surface area contributed by atoms with Crippen LogP contribution in [-0.4, -0.2) is 39.7 Å². The molecule has 0 radical (unpaired) electrons. The molecule has 9 nitrogen and oxygen atoms in total. The standard InChI is InChI=1S/C38H43N3O6/c42-27-30-18-20-31(21-19-30)35-23-34(26-41(24-28-10-3-1-4-11-28)25-29-12-5-2-6-13-29)46-38(47-35)32-14-9-15-33(22-32)39-36(43)16-7-8-17-37(44)40-45/h1-6,9-15,18-22,34-35,38,42,45H,7-8,16-17,23-27H2,(H,39,43)(H,40,44). The summed E-state index contributed by atoms with van der Waals surface area (Å²) in [6, 6.07) is 36.2. The summed E-state index contributed by atoms with van der Waals surface area (Å²) in [5.74, 6) is -0.621. The van der Waals surface area contributed by atoms with Crippen LogP contribution in [0.25, 0.3) is 0 Å². The number of anilines is 1. The number of carbonyl (C=O) groups excluding carboxylic acids is 2. The van der Waals surface area contributed by atoms with E-state index in [2.05, 4.69) is 58.7 Å². The van der Waals surface area contributed by atoms with Crippen LogP contribution in [0.2, 0.25) is 0 Å². The van der Waals surface area contributed by atoms with Crippen molar-refractivity contribution in [3.63, 3.8) is 0 Å². The van der Waals surface area contributed by atoms with Gasteiger partial charge in [-0.15, -0.1) is 0 Å². The molecule has 1 fully saturated rings. The van der Waals surface area contributed by atoms with Crippen LogP contribution in [-0.2, 0) is 38.8 Å². The molecule has 1 saturated heterocycles. The highest BCUT2D eigenvalue weighted by atomic mass is 16.7. The predicted molar refractivity (Wildman–Crippen MR) is 179 cm³/mol. The highest BCUT2D eigenvalue weighted by Crippen LogP contribution is 2.39. The molecule has 0 bridgehead atoms. The number of hydrogen-bond acceptors (Lipinski definition) is 7. The zero-order valence-corrected chi connectivity index (χ0v) is 26.5. The number of nitrogens with zero attached hydrogens (tertiary/aromatic N) is 1. The Kier molecular flexibility index (Phi) is 12.7. The van der Waals surface area contributed by atoms with E-state index >= 15 is 0 Å². The van der Waals surface area contributed by atoms with E-state index in [1.54, 1.807) is 5.48 Å². The molecule has 1 heterocycles. The first-order chi connectivity index (χ1) is 23.0. The van der Waals surface area contributed by atoms with Gasteiger partial charge in [0.2, 0.25) is 11.8 Å². The molecular weight excluding hydrogens is 594 g/mol. The van der Waals surface area contributed by atoms with E-state index in [1.807, 2.05) is 60.7 Å². The number of hydroxylamine groups is 1. The van der Waals surface area contributed by atoms with Crippen LogP contribution >= 0.6 is 0 Å². The topological polar surface area (TPSA) is 120 Å². The van der Waals surface area contributed by atoms with Gasteiger partial charge in [0.25, 0.3) is 0 Å². The summed E-state index contributed by atoms with van der Waals surface area (Å²) in [5, 5.41) is 21.2. The molecule has 0 aromatic heterocycles. The molecule has 3 unspecified atom stereocenters. The highest BCUT2D eigenvalue weighted by Gasteiger charge is 2.33. The van der Waals surface area contributed by atoms with Gasteiger partial charge in [0.05, 0.1) is 18.8 Å². The molecule has 1 aliphatic heterocycles. The molecule has 4 aromatic rings. The summed E-state index contributed by atoms with van der Waals surface area (Å²) < 4.78 is 13.3. The van der Waals surface area contributed by atoms with Crippen LogP contribution in [0.4, 0.5) is 5.69 Å². The lowest BCUT2D eigenvalue weighted by atomic mass is 9.99. The third-order valence-corrected chi connectivity index (χ3v) is 8.20. The monoisotopic (exact) mass is 637 g/mol. The van der Waals surface area contributed by atoms with Crippen LogP contribution in [0.5, 0.6) is 0 Å². The van der Waals surface area contributed by atoms with Gasteiger partial charge in [-0.05, 0) is 47.2 Å². The van der Waals surface area contributed by atoms with Gasteiger partial charge in [-0.25, -0.2) is 5.48 Å². The van der Waals surface area contributed by atoms with Crippen molar-refractivity contribution in [1.29, 1.82) is 0 Å². The van der Waals surface area contributed by atoms with E-state index in [1.165, 1.54) is 11.1 Å². The van der Waals surface area contributed by atoms with Gasteiger partial charge in [0.1, 0.15) is 0 Å².